The van der Waals surface area contributed by atoms with Crippen LogP contribution >= 0.6 is 0 Å². The van der Waals surface area contributed by atoms with Crippen LogP contribution in [0.15, 0.2) is 47.3 Å². The van der Waals surface area contributed by atoms with E-state index < -0.39 is 23.9 Å². The van der Waals surface area contributed by atoms with Crippen LogP contribution in [0.2, 0.25) is 0 Å². The van der Waals surface area contributed by atoms with Crippen LogP contribution in [0.1, 0.15) is 35.6 Å². The Kier molecular flexibility index (Phi) is 4.85. The molecule has 1 aliphatic heterocycles. The molecule has 2 heterocycles. The van der Waals surface area contributed by atoms with Crippen LogP contribution in [0.25, 0.3) is 0 Å². The van der Waals surface area contributed by atoms with Crippen molar-refractivity contribution in [3.05, 3.63) is 59.5 Å². The van der Waals surface area contributed by atoms with Crippen LogP contribution in [-0.4, -0.2) is 28.6 Å². The van der Waals surface area contributed by atoms with Crippen molar-refractivity contribution in [1.82, 2.24) is 4.90 Å². The second-order valence-electron chi connectivity index (χ2n) is 6.21. The van der Waals surface area contributed by atoms with E-state index in [0.29, 0.717) is 12.0 Å². The monoisotopic (exact) mass is 353 g/mol. The van der Waals surface area contributed by atoms with E-state index >= 15 is 0 Å². The SMILES string of the molecule is O=C(CCc1ccoc1)N1C[C@H](O)C[C@@H]1c1cccc(C(F)(F)F)c1. The summed E-state index contributed by atoms with van der Waals surface area (Å²) < 4.78 is 43.7. The van der Waals surface area contributed by atoms with Gasteiger partial charge in [-0.05, 0) is 42.2 Å². The van der Waals surface area contributed by atoms with Crippen molar-refractivity contribution in [2.45, 2.75) is 37.6 Å². The molecule has 1 N–H and O–H groups in total. The number of carbonyl (C=O) groups excluding carboxylic acids is 1. The van der Waals surface area contributed by atoms with Gasteiger partial charge >= 0.3 is 6.18 Å². The number of aryl methyl sites for hydroxylation is 1. The Bertz CT molecular complexity index is 727. The van der Waals surface area contributed by atoms with Gasteiger partial charge in [-0.1, -0.05) is 12.1 Å². The molecule has 1 aromatic carbocycles. The second kappa shape index (κ2) is 6.92. The van der Waals surface area contributed by atoms with Crippen molar-refractivity contribution >= 4 is 5.91 Å². The highest BCUT2D eigenvalue weighted by molar-refractivity contribution is 5.77. The van der Waals surface area contributed by atoms with Gasteiger partial charge < -0.3 is 14.4 Å². The summed E-state index contributed by atoms with van der Waals surface area (Å²) in [5.74, 6) is -0.194. The Labute approximate surface area is 142 Å². The Morgan fingerprint density at radius 3 is 2.80 bits per heavy atom. The summed E-state index contributed by atoms with van der Waals surface area (Å²) in [4.78, 5) is 14.0. The predicted octanol–water partition coefficient (Wildman–Crippen LogP) is 3.57. The molecule has 1 fully saturated rings. The minimum absolute atomic E-state index is 0.130. The first-order valence-corrected chi connectivity index (χ1v) is 8.00. The summed E-state index contributed by atoms with van der Waals surface area (Å²) in [5, 5.41) is 9.93. The summed E-state index contributed by atoms with van der Waals surface area (Å²) >= 11 is 0. The van der Waals surface area contributed by atoms with Crippen molar-refractivity contribution in [3.63, 3.8) is 0 Å². The maximum Gasteiger partial charge on any atom is 0.416 e. The fraction of sp³-hybridized carbons (Fsp3) is 0.389. The Morgan fingerprint density at radius 2 is 2.12 bits per heavy atom. The van der Waals surface area contributed by atoms with Gasteiger partial charge in [0, 0.05) is 13.0 Å². The molecule has 1 aliphatic rings. The number of amides is 1. The van der Waals surface area contributed by atoms with E-state index in [0.717, 1.165) is 17.7 Å². The van der Waals surface area contributed by atoms with Crippen molar-refractivity contribution in [3.8, 4) is 0 Å². The minimum atomic E-state index is -4.44. The summed E-state index contributed by atoms with van der Waals surface area (Å²) in [6.07, 6.45) is -1.18. The van der Waals surface area contributed by atoms with Gasteiger partial charge in [0.2, 0.25) is 5.91 Å². The lowest BCUT2D eigenvalue weighted by molar-refractivity contribution is -0.137. The first-order chi connectivity index (χ1) is 11.8. The number of aliphatic hydroxyl groups is 1. The number of hydrogen-bond acceptors (Lipinski definition) is 3. The van der Waals surface area contributed by atoms with Crippen LogP contribution in [0, 0.1) is 0 Å². The van der Waals surface area contributed by atoms with Crippen molar-refractivity contribution < 1.29 is 27.5 Å². The van der Waals surface area contributed by atoms with E-state index in [1.807, 2.05) is 0 Å². The Hall–Kier alpha value is -2.28. The number of furan rings is 1. The molecule has 0 radical (unpaired) electrons. The molecule has 0 spiro atoms. The van der Waals surface area contributed by atoms with E-state index in [1.54, 1.807) is 18.4 Å². The molecule has 1 amide bonds. The fourth-order valence-corrected chi connectivity index (χ4v) is 3.16. The van der Waals surface area contributed by atoms with Gasteiger partial charge in [0.15, 0.2) is 0 Å². The molecular weight excluding hydrogens is 335 g/mol. The average Bonchev–Trinajstić information content (AvgIpc) is 3.21. The Morgan fingerprint density at radius 1 is 1.32 bits per heavy atom. The maximum absolute atomic E-state index is 12.9. The van der Waals surface area contributed by atoms with E-state index in [4.69, 9.17) is 4.42 Å². The van der Waals surface area contributed by atoms with Crippen LogP contribution < -0.4 is 0 Å². The number of halogens is 3. The lowest BCUT2D eigenvalue weighted by atomic mass is 10.0. The molecule has 0 unspecified atom stereocenters. The molecule has 1 saturated heterocycles. The van der Waals surface area contributed by atoms with Gasteiger partial charge in [-0.15, -0.1) is 0 Å². The van der Waals surface area contributed by atoms with E-state index in [-0.39, 0.29) is 25.3 Å². The highest BCUT2D eigenvalue weighted by Crippen LogP contribution is 2.36. The van der Waals surface area contributed by atoms with Crippen LogP contribution in [0.5, 0.6) is 0 Å². The topological polar surface area (TPSA) is 53.7 Å². The third kappa shape index (κ3) is 4.04. The summed E-state index contributed by atoms with van der Waals surface area (Å²) in [6, 6.07) is 6.16. The number of likely N-dealkylation sites (tertiary alicyclic amines) is 1. The van der Waals surface area contributed by atoms with Gasteiger partial charge in [-0.25, -0.2) is 0 Å². The van der Waals surface area contributed by atoms with Gasteiger partial charge in [0.25, 0.3) is 0 Å². The zero-order valence-corrected chi connectivity index (χ0v) is 13.4. The van der Waals surface area contributed by atoms with Crippen molar-refractivity contribution in [1.29, 1.82) is 0 Å². The molecule has 1 aromatic heterocycles. The molecule has 2 aromatic rings. The van der Waals surface area contributed by atoms with E-state index in [1.165, 1.54) is 17.2 Å². The predicted molar refractivity (Wildman–Crippen MR) is 83.6 cm³/mol. The third-order valence-electron chi connectivity index (χ3n) is 4.41. The van der Waals surface area contributed by atoms with Gasteiger partial charge in [-0.2, -0.15) is 13.2 Å². The van der Waals surface area contributed by atoms with Crippen LogP contribution in [-0.2, 0) is 17.4 Å². The average molecular weight is 353 g/mol. The molecule has 0 saturated carbocycles. The smallest absolute Gasteiger partial charge is 0.416 e. The molecule has 134 valence electrons. The normalized spacial score (nSPS) is 20.9. The van der Waals surface area contributed by atoms with Crippen molar-refractivity contribution in [2.75, 3.05) is 6.54 Å². The molecule has 2 atom stereocenters. The summed E-state index contributed by atoms with van der Waals surface area (Å²) in [7, 11) is 0. The number of β-amino-alcohol motifs (C(OH)–C–C–N with tert-alkyl or cyclic N) is 1. The molecule has 25 heavy (non-hydrogen) atoms. The van der Waals surface area contributed by atoms with Crippen molar-refractivity contribution in [2.24, 2.45) is 0 Å². The number of alkyl halides is 3. The van der Waals surface area contributed by atoms with Gasteiger partial charge in [-0.3, -0.25) is 4.79 Å². The first kappa shape index (κ1) is 17.5. The lowest BCUT2D eigenvalue weighted by Crippen LogP contribution is -2.32. The van der Waals surface area contributed by atoms with E-state index in [2.05, 4.69) is 0 Å². The third-order valence-corrected chi connectivity index (χ3v) is 4.41. The largest absolute Gasteiger partial charge is 0.472 e. The van der Waals surface area contributed by atoms with Crippen LogP contribution in [0.4, 0.5) is 13.2 Å². The maximum atomic E-state index is 12.9. The van der Waals surface area contributed by atoms with Crippen LogP contribution in [0.3, 0.4) is 0 Å². The number of rotatable bonds is 4. The fourth-order valence-electron chi connectivity index (χ4n) is 3.16. The highest BCUT2D eigenvalue weighted by atomic mass is 19.4. The number of aliphatic hydroxyl groups excluding tert-OH is 1. The first-order valence-electron chi connectivity index (χ1n) is 8.00. The van der Waals surface area contributed by atoms with E-state index in [9.17, 15) is 23.1 Å². The summed E-state index contributed by atoms with van der Waals surface area (Å²) in [5.41, 5.74) is 0.518. The summed E-state index contributed by atoms with van der Waals surface area (Å²) in [6.45, 7) is 0.130. The molecule has 0 aliphatic carbocycles. The number of nitrogens with zero attached hydrogens (tertiary/aromatic N) is 1. The van der Waals surface area contributed by atoms with Gasteiger partial charge in [0.05, 0.1) is 30.2 Å². The lowest BCUT2D eigenvalue weighted by Gasteiger charge is -2.25. The number of carbonyl (C=O) groups is 1. The molecule has 3 rings (SSSR count). The molecular formula is C18H18F3NO3. The molecule has 0 bridgehead atoms. The quantitative estimate of drug-likeness (QED) is 0.914. The number of benzene rings is 1. The minimum Gasteiger partial charge on any atom is -0.472 e. The zero-order valence-electron chi connectivity index (χ0n) is 13.4. The number of hydrogen-bond donors (Lipinski definition) is 1. The van der Waals surface area contributed by atoms with Gasteiger partial charge in [0.1, 0.15) is 0 Å². The standard InChI is InChI=1S/C18H18F3NO3/c19-18(20,21)14-3-1-2-13(8-14)16-9-15(23)10-22(16)17(24)5-4-12-6-7-25-11-12/h1-3,6-8,11,15-16,23H,4-5,9-10H2/t15-,16-/m1/s1. The Balaban J connectivity index is 1.76. The zero-order chi connectivity index (χ0) is 18.0. The second-order valence-corrected chi connectivity index (χ2v) is 6.21. The molecule has 7 heteroatoms. The highest BCUT2D eigenvalue weighted by Gasteiger charge is 2.37. The molecule has 4 nitrogen and oxygen atoms in total.